The summed E-state index contributed by atoms with van der Waals surface area (Å²) in [5.41, 5.74) is 21.5. The molecule has 2 aliphatic carbocycles. The first-order chi connectivity index (χ1) is 26.8. The van der Waals surface area contributed by atoms with Crippen LogP contribution in [0.25, 0.3) is 55.6 Å². The molecule has 0 saturated heterocycles. The predicted octanol–water partition coefficient (Wildman–Crippen LogP) is 14.8. The number of benzene rings is 8. The average Bonchev–Trinajstić information content (AvgIpc) is 3.61. The van der Waals surface area contributed by atoms with Crippen LogP contribution in [0.1, 0.15) is 49.9 Å². The lowest BCUT2D eigenvalue weighted by molar-refractivity contribution is 0.660. The molecule has 8 aromatic rings. The molecule has 55 heavy (non-hydrogen) atoms. The van der Waals surface area contributed by atoms with Crippen LogP contribution in [0.2, 0.25) is 0 Å². The third kappa shape index (κ3) is 5.29. The molecule has 0 aliphatic heterocycles. The van der Waals surface area contributed by atoms with Crippen molar-refractivity contribution in [2.24, 2.45) is 0 Å². The first-order valence-corrected chi connectivity index (χ1v) is 19.4. The fraction of sp³-hybridized carbons (Fsp3) is 0.111. The van der Waals surface area contributed by atoms with Gasteiger partial charge < -0.3 is 4.90 Å². The van der Waals surface area contributed by atoms with Gasteiger partial charge in [0.25, 0.3) is 0 Å². The lowest BCUT2D eigenvalue weighted by Gasteiger charge is -2.30. The van der Waals surface area contributed by atoms with Gasteiger partial charge in [-0.15, -0.1) is 0 Å². The lowest BCUT2D eigenvalue weighted by Crippen LogP contribution is -2.17. The van der Waals surface area contributed by atoms with E-state index in [1.54, 1.807) is 0 Å². The quantitative estimate of drug-likeness (QED) is 0.166. The van der Waals surface area contributed by atoms with Crippen LogP contribution >= 0.6 is 0 Å². The van der Waals surface area contributed by atoms with Crippen molar-refractivity contribution in [2.75, 3.05) is 4.90 Å². The summed E-state index contributed by atoms with van der Waals surface area (Å²) in [6.45, 7) is 9.44. The summed E-state index contributed by atoms with van der Waals surface area (Å²) in [5, 5.41) is 0. The normalized spacial score (nSPS) is 14.1. The Bertz CT molecular complexity index is 2740. The number of rotatable bonds is 6. The van der Waals surface area contributed by atoms with Crippen LogP contribution < -0.4 is 4.90 Å². The van der Waals surface area contributed by atoms with Gasteiger partial charge in [0, 0.05) is 27.9 Å². The molecule has 0 heterocycles. The molecule has 0 fully saturated rings. The molecule has 0 unspecified atom stereocenters. The monoisotopic (exact) mass is 705 g/mol. The third-order valence-electron chi connectivity index (χ3n) is 12.2. The zero-order valence-corrected chi connectivity index (χ0v) is 31.8. The minimum atomic E-state index is -0.138. The number of hydrogen-bond acceptors (Lipinski definition) is 1. The molecule has 0 aromatic heterocycles. The van der Waals surface area contributed by atoms with Crippen molar-refractivity contribution >= 4 is 17.1 Å². The average molecular weight is 706 g/mol. The SMILES string of the molecule is CC1(C)c2ccccc2-c2cc(-c3ccc(N(c4cccc(-c5ccccc5)c4)c4cc(-c5ccccc5)c5c(c4)-c4ccccc4C5(C)C)cc3)ccc21. The summed E-state index contributed by atoms with van der Waals surface area (Å²) < 4.78 is 0. The maximum absolute atomic E-state index is 2.44. The van der Waals surface area contributed by atoms with Crippen LogP contribution in [-0.4, -0.2) is 0 Å². The number of nitrogens with zero attached hydrogens (tertiary/aromatic N) is 1. The van der Waals surface area contributed by atoms with Crippen LogP contribution in [-0.2, 0) is 10.8 Å². The van der Waals surface area contributed by atoms with E-state index in [9.17, 15) is 0 Å². The van der Waals surface area contributed by atoms with Gasteiger partial charge in [-0.2, -0.15) is 0 Å². The summed E-state index contributed by atoms with van der Waals surface area (Å²) >= 11 is 0. The zero-order valence-electron chi connectivity index (χ0n) is 31.8. The van der Waals surface area contributed by atoms with Crippen LogP contribution in [0, 0.1) is 0 Å². The molecule has 0 N–H and O–H groups in total. The highest BCUT2D eigenvalue weighted by atomic mass is 15.1. The Morgan fingerprint density at radius 3 is 1.51 bits per heavy atom. The Labute approximate surface area is 325 Å². The van der Waals surface area contributed by atoms with Gasteiger partial charge >= 0.3 is 0 Å². The highest BCUT2D eigenvalue weighted by Gasteiger charge is 2.39. The van der Waals surface area contributed by atoms with E-state index in [-0.39, 0.29) is 10.8 Å². The van der Waals surface area contributed by atoms with E-state index in [4.69, 9.17) is 0 Å². The zero-order chi connectivity index (χ0) is 37.3. The van der Waals surface area contributed by atoms with Crippen molar-refractivity contribution in [3.05, 3.63) is 210 Å². The van der Waals surface area contributed by atoms with Crippen molar-refractivity contribution in [3.8, 4) is 55.6 Å². The molecule has 0 radical (unpaired) electrons. The smallest absolute Gasteiger partial charge is 0.0474 e. The second-order valence-corrected chi connectivity index (χ2v) is 16.2. The standard InChI is InChI=1S/C54H43N/c1-53(2)49-24-13-11-22-44(49)47-33-40(28-31-51(47)53)37-26-29-41(30-27-37)55(42-21-15-20-39(32-42)36-16-7-5-8-17-36)43-34-46(38-18-9-6-10-19-38)52-48(35-43)45-23-12-14-25-50(45)54(52,3)4/h5-35H,1-4H3. The maximum Gasteiger partial charge on any atom is 0.0474 e. The summed E-state index contributed by atoms with van der Waals surface area (Å²) in [4.78, 5) is 2.44. The molecule has 2 aliphatic rings. The Morgan fingerprint density at radius 2 is 0.800 bits per heavy atom. The molecule has 0 atom stereocenters. The van der Waals surface area contributed by atoms with Crippen LogP contribution in [0.5, 0.6) is 0 Å². The fourth-order valence-electron chi connectivity index (χ4n) is 9.49. The van der Waals surface area contributed by atoms with Gasteiger partial charge in [0.05, 0.1) is 0 Å². The largest absolute Gasteiger partial charge is 0.310 e. The fourth-order valence-corrected chi connectivity index (χ4v) is 9.49. The maximum atomic E-state index is 2.44. The minimum Gasteiger partial charge on any atom is -0.310 e. The van der Waals surface area contributed by atoms with Crippen molar-refractivity contribution in [3.63, 3.8) is 0 Å². The van der Waals surface area contributed by atoms with E-state index in [1.807, 2.05) is 0 Å². The van der Waals surface area contributed by atoms with Crippen molar-refractivity contribution < 1.29 is 0 Å². The number of anilines is 3. The predicted molar refractivity (Wildman–Crippen MR) is 233 cm³/mol. The molecule has 0 spiro atoms. The molecule has 0 amide bonds. The van der Waals surface area contributed by atoms with Crippen LogP contribution in [0.15, 0.2) is 188 Å². The van der Waals surface area contributed by atoms with Gasteiger partial charge in [-0.05, 0) is 120 Å². The van der Waals surface area contributed by atoms with E-state index in [0.29, 0.717) is 0 Å². The van der Waals surface area contributed by atoms with E-state index in [1.165, 1.54) is 77.9 Å². The highest BCUT2D eigenvalue weighted by Crippen LogP contribution is 2.55. The second kappa shape index (κ2) is 12.6. The van der Waals surface area contributed by atoms with Gasteiger partial charge in [0.15, 0.2) is 0 Å². The summed E-state index contributed by atoms with van der Waals surface area (Å²) in [6.07, 6.45) is 0. The van der Waals surface area contributed by atoms with E-state index in [2.05, 4.69) is 221 Å². The molecule has 10 rings (SSSR count). The molecular weight excluding hydrogens is 663 g/mol. The topological polar surface area (TPSA) is 3.24 Å². The minimum absolute atomic E-state index is 0.00665. The molecular formula is C54H43N. The Morgan fingerprint density at radius 1 is 0.291 bits per heavy atom. The van der Waals surface area contributed by atoms with Gasteiger partial charge in [-0.25, -0.2) is 0 Å². The van der Waals surface area contributed by atoms with Gasteiger partial charge in [-0.1, -0.05) is 173 Å². The van der Waals surface area contributed by atoms with Gasteiger partial charge in [0.1, 0.15) is 0 Å². The van der Waals surface area contributed by atoms with E-state index >= 15 is 0 Å². The van der Waals surface area contributed by atoms with Crippen LogP contribution in [0.3, 0.4) is 0 Å². The second-order valence-electron chi connectivity index (χ2n) is 16.2. The molecule has 1 nitrogen and oxygen atoms in total. The van der Waals surface area contributed by atoms with E-state index in [0.717, 1.165) is 17.1 Å². The van der Waals surface area contributed by atoms with Crippen molar-refractivity contribution in [1.29, 1.82) is 0 Å². The number of hydrogen-bond donors (Lipinski definition) is 0. The van der Waals surface area contributed by atoms with Crippen molar-refractivity contribution in [2.45, 2.75) is 38.5 Å². The third-order valence-corrected chi connectivity index (χ3v) is 12.2. The van der Waals surface area contributed by atoms with Gasteiger partial charge in [-0.3, -0.25) is 0 Å². The Hall–Kier alpha value is -6.44. The number of fused-ring (bicyclic) bond motifs is 6. The Kier molecular flexibility index (Phi) is 7.58. The lowest BCUT2D eigenvalue weighted by atomic mass is 9.78. The first kappa shape index (κ1) is 33.2. The van der Waals surface area contributed by atoms with Crippen molar-refractivity contribution in [1.82, 2.24) is 0 Å². The molecule has 1 heteroatoms. The van der Waals surface area contributed by atoms with E-state index < -0.39 is 0 Å². The van der Waals surface area contributed by atoms with Gasteiger partial charge in [0.2, 0.25) is 0 Å². The molecule has 0 bridgehead atoms. The summed E-state index contributed by atoms with van der Waals surface area (Å²) in [6, 6.07) is 69.5. The highest BCUT2D eigenvalue weighted by molar-refractivity contribution is 5.94. The summed E-state index contributed by atoms with van der Waals surface area (Å²) in [5.74, 6) is 0. The molecule has 0 saturated carbocycles. The first-order valence-electron chi connectivity index (χ1n) is 19.4. The van der Waals surface area contributed by atoms with Crippen LogP contribution in [0.4, 0.5) is 17.1 Å². The Balaban J connectivity index is 1.15. The molecule has 264 valence electrons. The molecule has 8 aromatic carbocycles. The summed E-state index contributed by atoms with van der Waals surface area (Å²) in [7, 11) is 0.